The van der Waals surface area contributed by atoms with Crippen molar-refractivity contribution in [3.63, 3.8) is 0 Å². The number of hydrogen-bond donors (Lipinski definition) is 1. The Labute approximate surface area is 164 Å². The van der Waals surface area contributed by atoms with Crippen LogP contribution in [0.15, 0.2) is 65.1 Å². The smallest absolute Gasteiger partial charge is 0.298 e. The summed E-state index contributed by atoms with van der Waals surface area (Å²) < 4.78 is 7.07. The van der Waals surface area contributed by atoms with Gasteiger partial charge in [0.2, 0.25) is 0 Å². The maximum Gasteiger partial charge on any atom is 0.298 e. The van der Waals surface area contributed by atoms with Gasteiger partial charge in [0.05, 0.1) is 16.0 Å². The van der Waals surface area contributed by atoms with Crippen LogP contribution in [-0.4, -0.2) is 21.3 Å². The van der Waals surface area contributed by atoms with Crippen LogP contribution < -0.4 is 5.73 Å². The number of furan rings is 1. The number of aromatic nitrogens is 1. The van der Waals surface area contributed by atoms with Crippen LogP contribution in [0, 0.1) is 17.0 Å². The highest BCUT2D eigenvalue weighted by Gasteiger charge is 2.24. The van der Waals surface area contributed by atoms with Crippen LogP contribution in [0.3, 0.4) is 0 Å². The van der Waals surface area contributed by atoms with Gasteiger partial charge in [0, 0.05) is 28.8 Å². The molecule has 0 bridgehead atoms. The number of nitro groups is 1. The number of para-hydroxylation sites is 1. The van der Waals surface area contributed by atoms with Crippen molar-refractivity contribution in [2.75, 3.05) is 0 Å². The van der Waals surface area contributed by atoms with Crippen LogP contribution in [0.25, 0.3) is 22.2 Å². The lowest BCUT2D eigenvalue weighted by atomic mass is 10.1. The Hall–Kier alpha value is -4.20. The normalized spacial score (nSPS) is 10.9. The Morgan fingerprint density at radius 2 is 1.83 bits per heavy atom. The van der Waals surface area contributed by atoms with E-state index in [0.717, 1.165) is 0 Å². The average molecular weight is 389 g/mol. The van der Waals surface area contributed by atoms with Crippen molar-refractivity contribution in [3.8, 4) is 11.3 Å². The average Bonchev–Trinajstić information content (AvgIpc) is 3.30. The summed E-state index contributed by atoms with van der Waals surface area (Å²) in [7, 11) is 0. The summed E-state index contributed by atoms with van der Waals surface area (Å²) >= 11 is 0. The van der Waals surface area contributed by atoms with Crippen LogP contribution in [-0.2, 0) is 0 Å². The molecule has 0 spiro atoms. The zero-order valence-electron chi connectivity index (χ0n) is 15.3. The van der Waals surface area contributed by atoms with Gasteiger partial charge in [-0.25, -0.2) is 0 Å². The lowest BCUT2D eigenvalue weighted by Crippen LogP contribution is -2.16. The highest BCUT2D eigenvalue weighted by atomic mass is 16.6. The number of carbonyl (C=O) groups is 2. The summed E-state index contributed by atoms with van der Waals surface area (Å²) in [4.78, 5) is 35.5. The molecule has 0 aliphatic heterocycles. The predicted molar refractivity (Wildman–Crippen MR) is 106 cm³/mol. The molecule has 8 heteroatoms. The highest BCUT2D eigenvalue weighted by Crippen LogP contribution is 2.29. The molecule has 29 heavy (non-hydrogen) atoms. The van der Waals surface area contributed by atoms with Crippen LogP contribution in [0.4, 0.5) is 5.69 Å². The third-order valence-corrected chi connectivity index (χ3v) is 4.72. The standard InChI is InChI=1S/C21H15N3O5/c1-12-19(20(22)25)15-7-2-3-8-16(15)23(12)21(26)18-10-9-17(29-18)13-5-4-6-14(11-13)24(27)28/h2-11H,1H3,(H2,22,25). The van der Waals surface area contributed by atoms with Crippen molar-refractivity contribution < 1.29 is 18.9 Å². The number of nitro benzene ring substituents is 1. The molecule has 2 aromatic heterocycles. The quantitative estimate of drug-likeness (QED) is 0.419. The van der Waals surface area contributed by atoms with Gasteiger partial charge in [-0.15, -0.1) is 0 Å². The molecule has 1 amide bonds. The van der Waals surface area contributed by atoms with Crippen molar-refractivity contribution in [1.82, 2.24) is 4.57 Å². The topological polar surface area (TPSA) is 121 Å². The zero-order chi connectivity index (χ0) is 20.7. The summed E-state index contributed by atoms with van der Waals surface area (Å²) in [5.41, 5.74) is 7.14. The Morgan fingerprint density at radius 3 is 2.55 bits per heavy atom. The number of benzene rings is 2. The van der Waals surface area contributed by atoms with Gasteiger partial charge in [0.1, 0.15) is 5.76 Å². The Balaban J connectivity index is 1.80. The first-order valence-electron chi connectivity index (χ1n) is 8.67. The highest BCUT2D eigenvalue weighted by molar-refractivity contribution is 6.12. The third kappa shape index (κ3) is 2.96. The van der Waals surface area contributed by atoms with Gasteiger partial charge in [-0.2, -0.15) is 0 Å². The van der Waals surface area contributed by atoms with Gasteiger partial charge >= 0.3 is 0 Å². The molecule has 4 aromatic rings. The van der Waals surface area contributed by atoms with E-state index in [4.69, 9.17) is 10.2 Å². The van der Waals surface area contributed by atoms with E-state index in [1.54, 1.807) is 49.4 Å². The van der Waals surface area contributed by atoms with E-state index in [0.29, 0.717) is 27.9 Å². The van der Waals surface area contributed by atoms with Crippen molar-refractivity contribution >= 4 is 28.4 Å². The van der Waals surface area contributed by atoms with E-state index in [2.05, 4.69) is 0 Å². The predicted octanol–water partition coefficient (Wildman–Crippen LogP) is 3.91. The fourth-order valence-corrected chi connectivity index (χ4v) is 3.43. The Kier molecular flexibility index (Phi) is 4.23. The monoisotopic (exact) mass is 389 g/mol. The maximum absolute atomic E-state index is 13.1. The summed E-state index contributed by atoms with van der Waals surface area (Å²) in [5.74, 6) is -0.738. The van der Waals surface area contributed by atoms with E-state index >= 15 is 0 Å². The van der Waals surface area contributed by atoms with Crippen molar-refractivity contribution in [2.24, 2.45) is 5.73 Å². The maximum atomic E-state index is 13.1. The molecular formula is C21H15N3O5. The molecule has 0 fully saturated rings. The fourth-order valence-electron chi connectivity index (χ4n) is 3.43. The van der Waals surface area contributed by atoms with Gasteiger partial charge in [-0.3, -0.25) is 24.3 Å². The molecule has 144 valence electrons. The lowest BCUT2D eigenvalue weighted by Gasteiger charge is -2.05. The number of primary amides is 1. The summed E-state index contributed by atoms with van der Waals surface area (Å²) in [6, 6.07) is 16.0. The number of carbonyl (C=O) groups excluding carboxylic acids is 2. The number of non-ortho nitro benzene ring substituents is 1. The number of fused-ring (bicyclic) bond motifs is 1. The van der Waals surface area contributed by atoms with E-state index in [1.807, 2.05) is 0 Å². The van der Waals surface area contributed by atoms with Gasteiger partial charge in [0.25, 0.3) is 17.5 Å². The molecule has 2 N–H and O–H groups in total. The molecule has 4 rings (SSSR count). The first kappa shape index (κ1) is 18.2. The SMILES string of the molecule is Cc1c(C(N)=O)c2ccccc2n1C(=O)c1ccc(-c2cccc([N+](=O)[O-])c2)o1. The second-order valence-corrected chi connectivity index (χ2v) is 6.45. The van der Waals surface area contributed by atoms with Crippen molar-refractivity contribution in [3.05, 3.63) is 87.8 Å². The number of hydrogen-bond acceptors (Lipinski definition) is 5. The van der Waals surface area contributed by atoms with Gasteiger partial charge in [0.15, 0.2) is 5.76 Å². The number of rotatable bonds is 4. The van der Waals surface area contributed by atoms with Crippen LogP contribution in [0.1, 0.15) is 26.6 Å². The van der Waals surface area contributed by atoms with Crippen molar-refractivity contribution in [1.29, 1.82) is 0 Å². The number of amides is 1. The summed E-state index contributed by atoms with van der Waals surface area (Å²) in [6.45, 7) is 1.64. The first-order valence-corrected chi connectivity index (χ1v) is 8.67. The van der Waals surface area contributed by atoms with Gasteiger partial charge in [-0.05, 0) is 25.1 Å². The molecule has 8 nitrogen and oxygen atoms in total. The minimum absolute atomic E-state index is 0.0337. The third-order valence-electron chi connectivity index (χ3n) is 4.72. The van der Waals surface area contributed by atoms with E-state index in [9.17, 15) is 19.7 Å². The molecule has 0 saturated carbocycles. The fraction of sp³-hybridized carbons (Fsp3) is 0.0476. The lowest BCUT2D eigenvalue weighted by molar-refractivity contribution is -0.384. The second-order valence-electron chi connectivity index (χ2n) is 6.45. The van der Waals surface area contributed by atoms with Gasteiger partial charge in [-0.1, -0.05) is 30.3 Å². The zero-order valence-corrected chi connectivity index (χ0v) is 15.3. The van der Waals surface area contributed by atoms with Crippen LogP contribution in [0.2, 0.25) is 0 Å². The molecule has 0 atom stereocenters. The molecule has 0 aliphatic rings. The first-order chi connectivity index (χ1) is 13.9. The minimum Gasteiger partial charge on any atom is -0.451 e. The Morgan fingerprint density at radius 1 is 1.07 bits per heavy atom. The van der Waals surface area contributed by atoms with Gasteiger partial charge < -0.3 is 10.2 Å². The van der Waals surface area contributed by atoms with Crippen molar-refractivity contribution in [2.45, 2.75) is 6.92 Å². The largest absolute Gasteiger partial charge is 0.451 e. The Bertz CT molecular complexity index is 1300. The second kappa shape index (κ2) is 6.75. The summed E-state index contributed by atoms with van der Waals surface area (Å²) in [6.07, 6.45) is 0. The molecule has 2 aromatic carbocycles. The van der Waals surface area contributed by atoms with Crippen LogP contribution in [0.5, 0.6) is 0 Å². The number of nitrogens with zero attached hydrogens (tertiary/aromatic N) is 2. The number of nitrogens with two attached hydrogens (primary N) is 1. The van der Waals surface area contributed by atoms with E-state index in [-0.39, 0.29) is 17.0 Å². The van der Waals surface area contributed by atoms with Crippen LogP contribution >= 0.6 is 0 Å². The molecule has 0 unspecified atom stereocenters. The minimum atomic E-state index is -0.623. The molecule has 0 saturated heterocycles. The summed E-state index contributed by atoms with van der Waals surface area (Å²) in [5, 5.41) is 11.6. The van der Waals surface area contributed by atoms with E-state index in [1.165, 1.54) is 22.8 Å². The molecular weight excluding hydrogens is 374 g/mol. The molecule has 0 radical (unpaired) electrons. The molecule has 0 aliphatic carbocycles. The van der Waals surface area contributed by atoms with E-state index < -0.39 is 16.7 Å². The molecule has 2 heterocycles.